The highest BCUT2D eigenvalue weighted by Crippen LogP contribution is 2.19. The first-order valence-electron chi connectivity index (χ1n) is 6.34. The Morgan fingerprint density at radius 2 is 1.74 bits per heavy atom. The minimum atomic E-state index is 0.577. The number of hydrogen-bond donors (Lipinski definition) is 1. The topological polar surface area (TPSA) is 53.9 Å². The van der Waals surface area contributed by atoms with Gasteiger partial charge < -0.3 is 10.2 Å². The lowest BCUT2D eigenvalue weighted by atomic mass is 10.1. The molecule has 1 aromatic carbocycles. The van der Waals surface area contributed by atoms with E-state index in [0.29, 0.717) is 17.7 Å². The average Bonchev–Trinajstić information content (AvgIpc) is 2.46. The molecular weight excluding hydrogens is 238 g/mol. The Labute approximate surface area is 113 Å². The number of nitrogens with one attached hydrogen (secondary N) is 1. The van der Waals surface area contributed by atoms with Crippen LogP contribution in [0.5, 0.6) is 0 Å². The quantitative estimate of drug-likeness (QED) is 0.910. The maximum absolute atomic E-state index is 4.47. The summed E-state index contributed by atoms with van der Waals surface area (Å²) in [6.07, 6.45) is 1.03. The van der Waals surface area contributed by atoms with Crippen molar-refractivity contribution >= 4 is 11.9 Å². The van der Waals surface area contributed by atoms with Gasteiger partial charge in [-0.2, -0.15) is 15.0 Å². The van der Waals surface area contributed by atoms with Gasteiger partial charge in [0.2, 0.25) is 11.9 Å². The highest BCUT2D eigenvalue weighted by Gasteiger charge is 2.09. The first kappa shape index (κ1) is 13.3. The molecule has 0 bridgehead atoms. The largest absolute Gasteiger partial charge is 0.357 e. The van der Waals surface area contributed by atoms with Gasteiger partial charge in [0.05, 0.1) is 0 Å². The number of benzene rings is 1. The summed E-state index contributed by atoms with van der Waals surface area (Å²) in [5.41, 5.74) is 2.30. The summed E-state index contributed by atoms with van der Waals surface area (Å²) in [4.78, 5) is 15.0. The first-order chi connectivity index (χ1) is 9.13. The third-order valence-electron chi connectivity index (χ3n) is 2.87. The molecule has 0 aliphatic carbocycles. The number of hydrogen-bond acceptors (Lipinski definition) is 5. The van der Waals surface area contributed by atoms with Crippen LogP contribution in [0, 0.1) is 0 Å². The highest BCUT2D eigenvalue weighted by atomic mass is 15.3. The van der Waals surface area contributed by atoms with Gasteiger partial charge in [-0.15, -0.1) is 0 Å². The molecule has 0 aliphatic rings. The van der Waals surface area contributed by atoms with Crippen molar-refractivity contribution in [3.05, 3.63) is 29.8 Å². The third kappa shape index (κ3) is 2.99. The smallest absolute Gasteiger partial charge is 0.230 e. The Bertz CT molecular complexity index is 548. The van der Waals surface area contributed by atoms with E-state index >= 15 is 0 Å². The average molecular weight is 257 g/mol. The monoisotopic (exact) mass is 257 g/mol. The lowest BCUT2D eigenvalue weighted by Crippen LogP contribution is -2.15. The van der Waals surface area contributed by atoms with Crippen LogP contribution in [0.3, 0.4) is 0 Å². The molecule has 1 N–H and O–H groups in total. The van der Waals surface area contributed by atoms with Crippen LogP contribution in [0.4, 0.5) is 11.9 Å². The maximum atomic E-state index is 4.47. The second-order valence-electron chi connectivity index (χ2n) is 4.48. The molecule has 19 heavy (non-hydrogen) atoms. The molecule has 0 unspecified atom stereocenters. The fourth-order valence-corrected chi connectivity index (χ4v) is 1.70. The van der Waals surface area contributed by atoms with Gasteiger partial charge in [0.1, 0.15) is 0 Å². The third-order valence-corrected chi connectivity index (χ3v) is 2.87. The zero-order valence-corrected chi connectivity index (χ0v) is 11.8. The van der Waals surface area contributed by atoms with Crippen molar-refractivity contribution in [2.75, 3.05) is 31.4 Å². The Hall–Kier alpha value is -2.17. The minimum absolute atomic E-state index is 0.577. The second-order valence-corrected chi connectivity index (χ2v) is 4.48. The molecule has 0 saturated heterocycles. The molecule has 100 valence electrons. The summed E-state index contributed by atoms with van der Waals surface area (Å²) in [7, 11) is 5.64. The maximum Gasteiger partial charge on any atom is 0.230 e. The van der Waals surface area contributed by atoms with E-state index in [1.165, 1.54) is 5.56 Å². The van der Waals surface area contributed by atoms with Crippen molar-refractivity contribution in [2.45, 2.75) is 13.3 Å². The van der Waals surface area contributed by atoms with Gasteiger partial charge in [-0.1, -0.05) is 31.2 Å². The Morgan fingerprint density at radius 1 is 1.05 bits per heavy atom. The van der Waals surface area contributed by atoms with Gasteiger partial charge in [-0.05, 0) is 12.0 Å². The van der Waals surface area contributed by atoms with Crippen LogP contribution < -0.4 is 10.2 Å². The lowest BCUT2D eigenvalue weighted by molar-refractivity contribution is 0.963. The highest BCUT2D eigenvalue weighted by molar-refractivity contribution is 5.58. The SMILES string of the molecule is CCc1ccc(-c2nc(NC)nc(N(C)C)n2)cc1. The van der Waals surface area contributed by atoms with E-state index in [4.69, 9.17) is 0 Å². The number of nitrogens with zero attached hydrogens (tertiary/aromatic N) is 4. The number of aromatic nitrogens is 3. The van der Waals surface area contributed by atoms with Crippen LogP contribution >= 0.6 is 0 Å². The Kier molecular flexibility index (Phi) is 3.94. The molecule has 2 aromatic rings. The molecule has 0 spiro atoms. The van der Waals surface area contributed by atoms with Gasteiger partial charge >= 0.3 is 0 Å². The van der Waals surface area contributed by atoms with Crippen LogP contribution in [0.25, 0.3) is 11.4 Å². The Balaban J connectivity index is 2.44. The van der Waals surface area contributed by atoms with Crippen LogP contribution in [0.2, 0.25) is 0 Å². The molecule has 0 saturated carbocycles. The molecule has 0 amide bonds. The van der Waals surface area contributed by atoms with Gasteiger partial charge in [-0.25, -0.2) is 0 Å². The van der Waals surface area contributed by atoms with Crippen molar-refractivity contribution in [3.8, 4) is 11.4 Å². The van der Waals surface area contributed by atoms with Crippen LogP contribution in [-0.2, 0) is 6.42 Å². The van der Waals surface area contributed by atoms with Gasteiger partial charge in [0.15, 0.2) is 5.82 Å². The number of aryl methyl sites for hydroxylation is 1. The van der Waals surface area contributed by atoms with E-state index in [9.17, 15) is 0 Å². The van der Waals surface area contributed by atoms with Crippen LogP contribution in [0.1, 0.15) is 12.5 Å². The molecule has 0 radical (unpaired) electrons. The van der Waals surface area contributed by atoms with E-state index < -0.39 is 0 Å². The zero-order valence-electron chi connectivity index (χ0n) is 11.8. The molecule has 0 aliphatic heterocycles. The van der Waals surface area contributed by atoms with Crippen molar-refractivity contribution in [2.24, 2.45) is 0 Å². The molecule has 1 heterocycles. The fourth-order valence-electron chi connectivity index (χ4n) is 1.70. The van der Waals surface area contributed by atoms with Gasteiger partial charge in [0, 0.05) is 26.7 Å². The van der Waals surface area contributed by atoms with E-state index in [1.807, 2.05) is 31.1 Å². The summed E-state index contributed by atoms with van der Waals surface area (Å²) in [6.45, 7) is 2.14. The molecule has 5 heteroatoms. The van der Waals surface area contributed by atoms with E-state index in [-0.39, 0.29) is 0 Å². The second kappa shape index (κ2) is 5.65. The first-order valence-corrected chi connectivity index (χ1v) is 6.34. The predicted octanol–water partition coefficient (Wildman–Crippen LogP) is 2.21. The summed E-state index contributed by atoms with van der Waals surface area (Å²) in [6, 6.07) is 8.31. The van der Waals surface area contributed by atoms with E-state index in [1.54, 1.807) is 7.05 Å². The van der Waals surface area contributed by atoms with Crippen molar-refractivity contribution < 1.29 is 0 Å². The molecule has 0 atom stereocenters. The molecule has 0 fully saturated rings. The summed E-state index contributed by atoms with van der Waals surface area (Å²) >= 11 is 0. The predicted molar refractivity (Wildman–Crippen MR) is 78.5 cm³/mol. The Morgan fingerprint density at radius 3 is 2.26 bits per heavy atom. The van der Waals surface area contributed by atoms with E-state index in [0.717, 1.165) is 12.0 Å². The summed E-state index contributed by atoms with van der Waals surface area (Å²) in [5, 5.41) is 2.97. The lowest BCUT2D eigenvalue weighted by Gasteiger charge is -2.12. The zero-order chi connectivity index (χ0) is 13.8. The van der Waals surface area contributed by atoms with E-state index in [2.05, 4.69) is 39.3 Å². The summed E-state index contributed by atoms with van der Waals surface area (Å²) < 4.78 is 0. The van der Waals surface area contributed by atoms with Crippen molar-refractivity contribution in [1.82, 2.24) is 15.0 Å². The standard InChI is InChI=1S/C14H19N5/c1-5-10-6-8-11(9-7-10)12-16-13(15-2)18-14(17-12)19(3)4/h6-9H,5H2,1-4H3,(H,15,16,17,18). The molecule has 2 rings (SSSR count). The minimum Gasteiger partial charge on any atom is -0.357 e. The number of anilines is 2. The van der Waals surface area contributed by atoms with Gasteiger partial charge in [-0.3, -0.25) is 0 Å². The van der Waals surface area contributed by atoms with Gasteiger partial charge in [0.25, 0.3) is 0 Å². The number of rotatable bonds is 4. The molecule has 1 aromatic heterocycles. The molecule has 5 nitrogen and oxygen atoms in total. The fraction of sp³-hybridized carbons (Fsp3) is 0.357. The van der Waals surface area contributed by atoms with Crippen molar-refractivity contribution in [3.63, 3.8) is 0 Å². The molecular formula is C14H19N5. The summed E-state index contributed by atoms with van der Waals surface area (Å²) in [5.74, 6) is 1.91. The van der Waals surface area contributed by atoms with Crippen molar-refractivity contribution in [1.29, 1.82) is 0 Å². The van der Waals surface area contributed by atoms with Crippen LogP contribution in [0.15, 0.2) is 24.3 Å². The normalized spacial score (nSPS) is 10.3. The van der Waals surface area contributed by atoms with Crippen LogP contribution in [-0.4, -0.2) is 36.1 Å².